The van der Waals surface area contributed by atoms with Gasteiger partial charge in [-0.05, 0) is 17.7 Å². The third-order valence-electron chi connectivity index (χ3n) is 4.02. The summed E-state index contributed by atoms with van der Waals surface area (Å²) in [4.78, 5) is 22.8. The van der Waals surface area contributed by atoms with Gasteiger partial charge in [0.1, 0.15) is 0 Å². The number of hydrazone groups is 1. The van der Waals surface area contributed by atoms with Crippen LogP contribution in [0.25, 0.3) is 5.70 Å². The highest BCUT2D eigenvalue weighted by molar-refractivity contribution is 6.38. The molecule has 0 unspecified atom stereocenters. The quantitative estimate of drug-likeness (QED) is 0.265. The predicted octanol–water partition coefficient (Wildman–Crippen LogP) is 4.38. The van der Waals surface area contributed by atoms with Gasteiger partial charge in [-0.3, -0.25) is 10.2 Å². The van der Waals surface area contributed by atoms with E-state index in [1.54, 1.807) is 36.4 Å². The Kier molecular flexibility index (Phi) is 6.55. The third kappa shape index (κ3) is 5.40. The van der Waals surface area contributed by atoms with Crippen molar-refractivity contribution in [2.24, 2.45) is 5.10 Å². The van der Waals surface area contributed by atoms with Crippen LogP contribution in [0.4, 0.5) is 0 Å². The largest absolute Gasteiger partial charge is 0.475 e. The van der Waals surface area contributed by atoms with Crippen LogP contribution in [-0.4, -0.2) is 22.6 Å². The van der Waals surface area contributed by atoms with Gasteiger partial charge in [0.15, 0.2) is 0 Å². The van der Waals surface area contributed by atoms with Crippen molar-refractivity contribution in [3.8, 4) is 0 Å². The average molecular weight is 405 g/mol. The number of ketones is 1. The molecule has 0 fully saturated rings. The Morgan fingerprint density at radius 3 is 1.86 bits per heavy atom. The molecule has 0 bridgehead atoms. The van der Waals surface area contributed by atoms with E-state index >= 15 is 0 Å². The SMILES string of the molecule is O=C(O)C(=O)C=C(NN=C(c1ccccc1)c1ccc(Cl)cc1)c1ccccc1. The maximum absolute atomic E-state index is 11.8. The summed E-state index contributed by atoms with van der Waals surface area (Å²) in [5.41, 5.74) is 6.05. The van der Waals surface area contributed by atoms with Crippen molar-refractivity contribution in [2.45, 2.75) is 0 Å². The molecule has 0 spiro atoms. The predicted molar refractivity (Wildman–Crippen MR) is 114 cm³/mol. The lowest BCUT2D eigenvalue weighted by Crippen LogP contribution is -2.16. The van der Waals surface area contributed by atoms with E-state index < -0.39 is 11.8 Å². The van der Waals surface area contributed by atoms with Crippen LogP contribution in [0.3, 0.4) is 0 Å². The highest BCUT2D eigenvalue weighted by atomic mass is 35.5. The van der Waals surface area contributed by atoms with E-state index in [1.165, 1.54) is 0 Å². The first-order chi connectivity index (χ1) is 14.0. The summed E-state index contributed by atoms with van der Waals surface area (Å²) in [5.74, 6) is -2.58. The summed E-state index contributed by atoms with van der Waals surface area (Å²) in [7, 11) is 0. The highest BCUT2D eigenvalue weighted by Gasteiger charge is 2.12. The number of carboxylic acids is 1. The zero-order valence-corrected chi connectivity index (χ0v) is 16.0. The molecule has 0 heterocycles. The molecule has 144 valence electrons. The summed E-state index contributed by atoms with van der Waals surface area (Å²) >= 11 is 6.00. The third-order valence-corrected chi connectivity index (χ3v) is 4.28. The topological polar surface area (TPSA) is 78.8 Å². The molecule has 0 radical (unpaired) electrons. The van der Waals surface area contributed by atoms with Crippen molar-refractivity contribution < 1.29 is 14.7 Å². The van der Waals surface area contributed by atoms with E-state index in [-0.39, 0.29) is 5.70 Å². The molecule has 0 aliphatic heterocycles. The molecule has 0 saturated carbocycles. The van der Waals surface area contributed by atoms with E-state index in [9.17, 15) is 9.59 Å². The maximum Gasteiger partial charge on any atom is 0.376 e. The van der Waals surface area contributed by atoms with Crippen molar-refractivity contribution >= 4 is 34.8 Å². The second kappa shape index (κ2) is 9.48. The second-order valence-corrected chi connectivity index (χ2v) is 6.48. The molecular weight excluding hydrogens is 388 g/mol. The van der Waals surface area contributed by atoms with Crippen LogP contribution in [0.2, 0.25) is 5.02 Å². The summed E-state index contributed by atoms with van der Waals surface area (Å²) in [6.07, 6.45) is 1.02. The van der Waals surface area contributed by atoms with Gasteiger partial charge in [0.25, 0.3) is 5.78 Å². The van der Waals surface area contributed by atoms with E-state index in [0.29, 0.717) is 16.3 Å². The number of carbonyl (C=O) groups is 2. The Bertz CT molecular complexity index is 1060. The minimum absolute atomic E-state index is 0.278. The summed E-state index contributed by atoms with van der Waals surface area (Å²) < 4.78 is 0. The first kappa shape index (κ1) is 20.0. The molecule has 0 aliphatic carbocycles. The fourth-order valence-corrected chi connectivity index (χ4v) is 2.73. The number of nitrogens with zero attached hydrogens (tertiary/aromatic N) is 1. The van der Waals surface area contributed by atoms with Crippen LogP contribution in [-0.2, 0) is 9.59 Å². The van der Waals surface area contributed by atoms with Gasteiger partial charge in [0.05, 0.1) is 11.4 Å². The zero-order valence-electron chi connectivity index (χ0n) is 15.2. The van der Waals surface area contributed by atoms with E-state index in [2.05, 4.69) is 10.5 Å². The molecule has 0 aliphatic rings. The van der Waals surface area contributed by atoms with Crippen LogP contribution in [0.1, 0.15) is 16.7 Å². The molecule has 29 heavy (non-hydrogen) atoms. The van der Waals surface area contributed by atoms with Gasteiger partial charge in [0.2, 0.25) is 0 Å². The normalized spacial score (nSPS) is 11.8. The Hall–Kier alpha value is -3.70. The maximum atomic E-state index is 11.8. The summed E-state index contributed by atoms with van der Waals surface area (Å²) in [6, 6.07) is 25.6. The first-order valence-electron chi connectivity index (χ1n) is 8.74. The van der Waals surface area contributed by atoms with Gasteiger partial charge in [-0.15, -0.1) is 0 Å². The fourth-order valence-electron chi connectivity index (χ4n) is 2.61. The molecule has 0 aromatic heterocycles. The first-order valence-corrected chi connectivity index (χ1v) is 9.12. The lowest BCUT2D eigenvalue weighted by molar-refractivity contribution is -0.146. The van der Waals surface area contributed by atoms with E-state index in [1.807, 2.05) is 48.5 Å². The smallest absolute Gasteiger partial charge is 0.376 e. The lowest BCUT2D eigenvalue weighted by Gasteiger charge is -2.11. The number of carboxylic acid groups (broad SMARTS) is 1. The minimum Gasteiger partial charge on any atom is -0.475 e. The van der Waals surface area contributed by atoms with Crippen LogP contribution in [0.5, 0.6) is 0 Å². The minimum atomic E-state index is -1.54. The number of benzene rings is 3. The average Bonchev–Trinajstić information content (AvgIpc) is 2.75. The molecule has 3 aromatic rings. The molecule has 3 rings (SSSR count). The van der Waals surface area contributed by atoms with Gasteiger partial charge >= 0.3 is 5.97 Å². The highest BCUT2D eigenvalue weighted by Crippen LogP contribution is 2.16. The molecule has 3 aromatic carbocycles. The van der Waals surface area contributed by atoms with Crippen molar-refractivity contribution in [2.75, 3.05) is 0 Å². The van der Waals surface area contributed by atoms with Gasteiger partial charge in [-0.25, -0.2) is 4.79 Å². The molecule has 0 atom stereocenters. The van der Waals surface area contributed by atoms with Crippen molar-refractivity contribution in [1.29, 1.82) is 0 Å². The van der Waals surface area contributed by atoms with Gasteiger partial charge in [0, 0.05) is 22.2 Å². The van der Waals surface area contributed by atoms with Crippen LogP contribution < -0.4 is 5.43 Å². The number of rotatable bonds is 7. The standard InChI is InChI=1S/C23H17ClN2O3/c24-19-13-11-18(12-14-19)22(17-9-5-2-6-10-17)26-25-20(15-21(27)23(28)29)16-7-3-1-4-8-16/h1-15,25H,(H,28,29). The molecule has 0 amide bonds. The second-order valence-electron chi connectivity index (χ2n) is 6.04. The number of carbonyl (C=O) groups excluding carboxylic acids is 1. The van der Waals surface area contributed by atoms with Crippen LogP contribution in [0.15, 0.2) is 96.1 Å². The number of hydrogen-bond donors (Lipinski definition) is 2. The van der Waals surface area contributed by atoms with E-state index in [0.717, 1.165) is 17.2 Å². The number of hydrogen-bond acceptors (Lipinski definition) is 4. The van der Waals surface area contributed by atoms with Gasteiger partial charge in [-0.2, -0.15) is 5.10 Å². The summed E-state index contributed by atoms with van der Waals surface area (Å²) in [6.45, 7) is 0. The van der Waals surface area contributed by atoms with Crippen LogP contribution >= 0.6 is 11.6 Å². The Morgan fingerprint density at radius 2 is 1.31 bits per heavy atom. The van der Waals surface area contributed by atoms with Gasteiger partial charge in [-0.1, -0.05) is 84.4 Å². The Balaban J connectivity index is 2.04. The molecule has 5 nitrogen and oxygen atoms in total. The fraction of sp³-hybridized carbons (Fsp3) is 0. The van der Waals surface area contributed by atoms with Crippen molar-refractivity contribution in [3.63, 3.8) is 0 Å². The lowest BCUT2D eigenvalue weighted by atomic mass is 10.0. The van der Waals surface area contributed by atoms with Crippen molar-refractivity contribution in [3.05, 3.63) is 113 Å². The van der Waals surface area contributed by atoms with Crippen LogP contribution in [0, 0.1) is 0 Å². The van der Waals surface area contributed by atoms with Gasteiger partial charge < -0.3 is 5.11 Å². The zero-order chi connectivity index (χ0) is 20.6. The number of nitrogens with one attached hydrogen (secondary N) is 1. The molecule has 0 saturated heterocycles. The van der Waals surface area contributed by atoms with Crippen molar-refractivity contribution in [1.82, 2.24) is 5.43 Å². The summed E-state index contributed by atoms with van der Waals surface area (Å²) in [5, 5.41) is 14.1. The Morgan fingerprint density at radius 1 is 0.793 bits per heavy atom. The number of halogens is 1. The Labute approximate surface area is 173 Å². The molecular formula is C23H17ClN2O3. The monoisotopic (exact) mass is 404 g/mol. The molecule has 6 heteroatoms. The molecule has 2 N–H and O–H groups in total. The van der Waals surface area contributed by atoms with E-state index in [4.69, 9.17) is 16.7 Å². The number of aliphatic carboxylic acids is 1.